The molecule has 20 heavy (non-hydrogen) atoms. The Morgan fingerprint density at radius 3 is 2.40 bits per heavy atom. The molecule has 3 heteroatoms. The average molecular weight is 360 g/mol. The van der Waals surface area contributed by atoms with Gasteiger partial charge in [-0.15, -0.1) is 11.3 Å². The molecule has 1 nitrogen and oxygen atoms in total. The number of unbranched alkanes of at least 4 members (excludes halogenated alkanes) is 6. The van der Waals surface area contributed by atoms with Gasteiger partial charge in [-0.05, 0) is 46.8 Å². The smallest absolute Gasteiger partial charge is 0.0314 e. The topological polar surface area (TPSA) is 12.0 Å². The second-order valence-corrected chi connectivity index (χ2v) is 7.42. The van der Waals surface area contributed by atoms with E-state index in [1.54, 1.807) is 0 Å². The summed E-state index contributed by atoms with van der Waals surface area (Å²) in [6, 6.07) is 2.81. The van der Waals surface area contributed by atoms with E-state index in [-0.39, 0.29) is 0 Å². The van der Waals surface area contributed by atoms with Gasteiger partial charge in [0.1, 0.15) is 0 Å². The molecular formula is C17H30BrNS. The lowest BCUT2D eigenvalue weighted by atomic mass is 10.0. The van der Waals surface area contributed by atoms with E-state index in [1.807, 2.05) is 11.3 Å². The molecule has 0 aromatic carbocycles. The third kappa shape index (κ3) is 7.80. The molecule has 0 saturated heterocycles. The maximum Gasteiger partial charge on any atom is 0.0314 e. The summed E-state index contributed by atoms with van der Waals surface area (Å²) >= 11 is 5.52. The van der Waals surface area contributed by atoms with E-state index >= 15 is 0 Å². The van der Waals surface area contributed by atoms with Crippen LogP contribution in [0.2, 0.25) is 0 Å². The highest BCUT2D eigenvalue weighted by atomic mass is 79.9. The number of likely N-dealkylation sites (N-methyl/N-ethyl adjacent to an activating group) is 1. The lowest BCUT2D eigenvalue weighted by molar-refractivity contribution is 0.460. The lowest BCUT2D eigenvalue weighted by Gasteiger charge is -2.17. The van der Waals surface area contributed by atoms with Crippen LogP contribution in [-0.4, -0.2) is 12.6 Å². The predicted octanol–water partition coefficient (Wildman–Crippen LogP) is 6.17. The number of nitrogens with one attached hydrogen (secondary N) is 1. The zero-order valence-corrected chi connectivity index (χ0v) is 15.5. The van der Waals surface area contributed by atoms with Crippen molar-refractivity contribution in [2.45, 2.75) is 77.7 Å². The van der Waals surface area contributed by atoms with E-state index in [9.17, 15) is 0 Å². The Morgan fingerprint density at radius 2 is 1.80 bits per heavy atom. The summed E-state index contributed by atoms with van der Waals surface area (Å²) in [5.41, 5.74) is 0. The first kappa shape index (κ1) is 18.2. The molecule has 1 rings (SSSR count). The molecule has 1 aromatic rings. The van der Waals surface area contributed by atoms with Gasteiger partial charge >= 0.3 is 0 Å². The molecule has 1 aromatic heterocycles. The molecule has 0 saturated carbocycles. The molecule has 0 bridgehead atoms. The van der Waals surface area contributed by atoms with Crippen LogP contribution in [-0.2, 0) is 6.42 Å². The van der Waals surface area contributed by atoms with Gasteiger partial charge in [0.2, 0.25) is 0 Å². The first-order chi connectivity index (χ1) is 9.77. The van der Waals surface area contributed by atoms with Crippen molar-refractivity contribution in [3.8, 4) is 0 Å². The fraction of sp³-hybridized carbons (Fsp3) is 0.765. The Labute approximate surface area is 137 Å². The number of hydrogen-bond donors (Lipinski definition) is 1. The van der Waals surface area contributed by atoms with E-state index in [4.69, 9.17) is 0 Å². The molecule has 0 radical (unpaired) electrons. The molecule has 1 unspecified atom stereocenters. The summed E-state index contributed by atoms with van der Waals surface area (Å²) < 4.78 is 1.28. The van der Waals surface area contributed by atoms with Crippen LogP contribution in [0.4, 0.5) is 0 Å². The average Bonchev–Trinajstić information content (AvgIpc) is 2.83. The summed E-state index contributed by atoms with van der Waals surface area (Å²) in [6.07, 6.45) is 12.3. The highest BCUT2D eigenvalue weighted by molar-refractivity contribution is 9.10. The Balaban J connectivity index is 2.17. The minimum Gasteiger partial charge on any atom is -0.314 e. The van der Waals surface area contributed by atoms with Crippen LogP contribution in [0.5, 0.6) is 0 Å². The highest BCUT2D eigenvalue weighted by Gasteiger charge is 2.11. The van der Waals surface area contributed by atoms with Crippen molar-refractivity contribution in [1.29, 1.82) is 0 Å². The van der Waals surface area contributed by atoms with Crippen molar-refractivity contribution in [3.63, 3.8) is 0 Å². The number of rotatable bonds is 12. The maximum atomic E-state index is 3.65. The summed E-state index contributed by atoms with van der Waals surface area (Å²) in [7, 11) is 0. The predicted molar refractivity (Wildman–Crippen MR) is 95.8 cm³/mol. The monoisotopic (exact) mass is 359 g/mol. The molecule has 116 valence electrons. The first-order valence-corrected chi connectivity index (χ1v) is 9.90. The van der Waals surface area contributed by atoms with Gasteiger partial charge in [0, 0.05) is 15.4 Å². The van der Waals surface area contributed by atoms with Crippen LogP contribution < -0.4 is 5.32 Å². The lowest BCUT2D eigenvalue weighted by Crippen LogP contribution is -2.30. The standard InChI is InChI=1S/C17H30BrNS/c1-3-5-6-7-8-9-10-11-15(19-4-2)14-17-16(18)12-13-20-17/h12-13,15,19H,3-11,14H2,1-2H3. The quantitative estimate of drug-likeness (QED) is 0.439. The highest BCUT2D eigenvalue weighted by Crippen LogP contribution is 2.25. The van der Waals surface area contributed by atoms with Crippen LogP contribution in [0.15, 0.2) is 15.9 Å². The van der Waals surface area contributed by atoms with E-state index in [0.29, 0.717) is 6.04 Å². The Bertz CT molecular complexity index is 337. The van der Waals surface area contributed by atoms with E-state index < -0.39 is 0 Å². The van der Waals surface area contributed by atoms with E-state index in [2.05, 4.69) is 46.5 Å². The molecule has 0 spiro atoms. The Kier molecular flexibility index (Phi) is 10.7. The second-order valence-electron chi connectivity index (χ2n) is 5.56. The SMILES string of the molecule is CCCCCCCCCC(Cc1sccc1Br)NCC. The van der Waals surface area contributed by atoms with Crippen LogP contribution in [0.1, 0.15) is 70.1 Å². The van der Waals surface area contributed by atoms with Crippen LogP contribution in [0.3, 0.4) is 0 Å². The van der Waals surface area contributed by atoms with Crippen molar-refractivity contribution in [1.82, 2.24) is 5.32 Å². The summed E-state index contributed by atoms with van der Waals surface area (Å²) in [5.74, 6) is 0. The van der Waals surface area contributed by atoms with Gasteiger partial charge in [0.05, 0.1) is 0 Å². The minimum atomic E-state index is 0.644. The Hall–Kier alpha value is 0.140. The fourth-order valence-electron chi connectivity index (χ4n) is 2.61. The fourth-order valence-corrected chi connectivity index (χ4v) is 4.20. The summed E-state index contributed by atoms with van der Waals surface area (Å²) in [6.45, 7) is 5.56. The van der Waals surface area contributed by atoms with Crippen molar-refractivity contribution >= 4 is 27.3 Å². The Morgan fingerprint density at radius 1 is 1.10 bits per heavy atom. The molecule has 1 heterocycles. The third-order valence-electron chi connectivity index (χ3n) is 3.77. The maximum absolute atomic E-state index is 3.65. The van der Waals surface area contributed by atoms with Crippen molar-refractivity contribution < 1.29 is 0 Å². The van der Waals surface area contributed by atoms with Crippen LogP contribution in [0, 0.1) is 0 Å². The van der Waals surface area contributed by atoms with Gasteiger partial charge in [-0.2, -0.15) is 0 Å². The normalized spacial score (nSPS) is 12.8. The zero-order chi connectivity index (χ0) is 14.6. The number of hydrogen-bond acceptors (Lipinski definition) is 2. The third-order valence-corrected chi connectivity index (χ3v) is 5.72. The molecule has 0 aliphatic heterocycles. The van der Waals surface area contributed by atoms with E-state index in [1.165, 1.54) is 67.1 Å². The first-order valence-electron chi connectivity index (χ1n) is 8.23. The minimum absolute atomic E-state index is 0.644. The van der Waals surface area contributed by atoms with Crippen LogP contribution >= 0.6 is 27.3 Å². The zero-order valence-electron chi connectivity index (χ0n) is 13.1. The molecule has 0 aliphatic rings. The van der Waals surface area contributed by atoms with Gasteiger partial charge < -0.3 is 5.32 Å². The molecule has 1 atom stereocenters. The molecular weight excluding hydrogens is 330 g/mol. The summed E-state index contributed by atoms with van der Waals surface area (Å²) in [5, 5.41) is 5.82. The van der Waals surface area contributed by atoms with Crippen molar-refractivity contribution in [2.24, 2.45) is 0 Å². The molecule has 0 fully saturated rings. The van der Waals surface area contributed by atoms with Crippen LogP contribution in [0.25, 0.3) is 0 Å². The second kappa shape index (κ2) is 11.8. The van der Waals surface area contributed by atoms with Gasteiger partial charge in [-0.25, -0.2) is 0 Å². The van der Waals surface area contributed by atoms with Gasteiger partial charge in [-0.3, -0.25) is 0 Å². The number of thiophene rings is 1. The van der Waals surface area contributed by atoms with Gasteiger partial charge in [0.15, 0.2) is 0 Å². The summed E-state index contributed by atoms with van der Waals surface area (Å²) in [4.78, 5) is 1.49. The van der Waals surface area contributed by atoms with Gasteiger partial charge in [-0.1, -0.05) is 58.8 Å². The molecule has 0 aliphatic carbocycles. The molecule has 0 amide bonds. The molecule has 1 N–H and O–H groups in total. The van der Waals surface area contributed by atoms with E-state index in [0.717, 1.165) is 6.54 Å². The number of halogens is 1. The van der Waals surface area contributed by atoms with Gasteiger partial charge in [0.25, 0.3) is 0 Å². The largest absolute Gasteiger partial charge is 0.314 e. The van der Waals surface area contributed by atoms with Crippen molar-refractivity contribution in [3.05, 3.63) is 20.8 Å². The van der Waals surface area contributed by atoms with Crippen molar-refractivity contribution in [2.75, 3.05) is 6.54 Å².